The van der Waals surface area contributed by atoms with Crippen LogP contribution in [0.5, 0.6) is 0 Å². The molecule has 2 aliphatic carbocycles. The SMILES string of the molecule is Cc1cc2c3c(c1)N(c1ccc(C(C)(C)C)cc1-c1ccccc1)c1cc4c(cc1B3c1cc(N3c5ccc(C(C)C)cc5C5(C)CCCCCCC35C)ccc1N2c1ccc(C(C)(C)C)cc1-c1ccccc1)CC(C)(C)C4. The van der Waals surface area contributed by atoms with Crippen LogP contribution in [0.2, 0.25) is 0 Å². The molecule has 2 atom stereocenters. The minimum absolute atomic E-state index is 0.00340. The van der Waals surface area contributed by atoms with E-state index in [1.54, 1.807) is 5.56 Å². The smallest absolute Gasteiger partial charge is 0.252 e. The molecule has 3 nitrogen and oxygen atoms in total. The summed E-state index contributed by atoms with van der Waals surface area (Å²) in [6, 6.07) is 62.7. The number of aryl methyl sites for hydroxylation is 1. The summed E-state index contributed by atoms with van der Waals surface area (Å²) in [5, 5.41) is 0. The van der Waals surface area contributed by atoms with Crippen LogP contribution < -0.4 is 31.1 Å². The van der Waals surface area contributed by atoms with Crippen LogP contribution in [0, 0.1) is 12.3 Å². The molecule has 400 valence electrons. The maximum Gasteiger partial charge on any atom is 0.252 e. The van der Waals surface area contributed by atoms with Gasteiger partial charge in [-0.25, -0.2) is 0 Å². The number of hydrogen-bond acceptors (Lipinski definition) is 3. The van der Waals surface area contributed by atoms with Gasteiger partial charge < -0.3 is 14.7 Å². The van der Waals surface area contributed by atoms with Gasteiger partial charge in [-0.15, -0.1) is 0 Å². The number of rotatable bonds is 6. The van der Waals surface area contributed by atoms with E-state index in [1.807, 2.05) is 0 Å². The normalized spacial score (nSPS) is 20.0. The van der Waals surface area contributed by atoms with Gasteiger partial charge in [0.1, 0.15) is 0 Å². The fourth-order valence-electron chi connectivity index (χ4n) is 15.3. The second-order valence-electron chi connectivity index (χ2n) is 28.2. The molecule has 0 saturated heterocycles. The lowest BCUT2D eigenvalue weighted by molar-refractivity contribution is 0.217. The molecule has 8 aromatic carbocycles. The van der Waals surface area contributed by atoms with Crippen LogP contribution in [-0.4, -0.2) is 12.3 Å². The van der Waals surface area contributed by atoms with Gasteiger partial charge in [0.05, 0.1) is 16.9 Å². The summed E-state index contributed by atoms with van der Waals surface area (Å²) in [7, 11) is 0. The molecule has 0 spiro atoms. The third-order valence-electron chi connectivity index (χ3n) is 19.8. The van der Waals surface area contributed by atoms with Crippen molar-refractivity contribution in [2.45, 2.75) is 169 Å². The molecule has 1 saturated carbocycles. The minimum Gasteiger partial charge on any atom is -0.334 e. The fourth-order valence-corrected chi connectivity index (χ4v) is 15.3. The number of fused-ring (bicyclic) bond motifs is 8. The molecule has 0 bridgehead atoms. The van der Waals surface area contributed by atoms with Crippen molar-refractivity contribution in [3.05, 3.63) is 197 Å². The van der Waals surface area contributed by atoms with Crippen LogP contribution in [0.1, 0.15) is 166 Å². The molecule has 8 aromatic rings. The van der Waals surface area contributed by atoms with E-state index in [4.69, 9.17) is 0 Å². The second kappa shape index (κ2) is 18.4. The van der Waals surface area contributed by atoms with Gasteiger partial charge in [-0.1, -0.05) is 193 Å². The van der Waals surface area contributed by atoms with E-state index < -0.39 is 0 Å². The summed E-state index contributed by atoms with van der Waals surface area (Å²) in [5.41, 5.74) is 29.3. The highest BCUT2D eigenvalue weighted by molar-refractivity contribution is 7.00. The Hall–Kier alpha value is -6.78. The lowest BCUT2D eigenvalue weighted by atomic mass is 9.33. The summed E-state index contributed by atoms with van der Waals surface area (Å²) < 4.78 is 0. The number of hydrogen-bond donors (Lipinski definition) is 0. The van der Waals surface area contributed by atoms with Crippen molar-refractivity contribution in [1.29, 1.82) is 0 Å². The first-order valence-electron chi connectivity index (χ1n) is 30.0. The zero-order valence-corrected chi connectivity index (χ0v) is 49.7. The monoisotopic (exact) mass is 1040 g/mol. The van der Waals surface area contributed by atoms with Crippen molar-refractivity contribution in [2.75, 3.05) is 14.7 Å². The summed E-state index contributed by atoms with van der Waals surface area (Å²) in [6.45, 7) is 31.3. The van der Waals surface area contributed by atoms with E-state index in [2.05, 4.69) is 262 Å². The lowest BCUT2D eigenvalue weighted by Gasteiger charge is -2.49. The Balaban J connectivity index is 1.14. The Kier molecular flexibility index (Phi) is 12.0. The third-order valence-corrected chi connectivity index (χ3v) is 19.8. The van der Waals surface area contributed by atoms with Crippen molar-refractivity contribution < 1.29 is 0 Å². The highest BCUT2D eigenvalue weighted by atomic mass is 15.3. The predicted molar refractivity (Wildman–Crippen MR) is 341 cm³/mol. The van der Waals surface area contributed by atoms with Gasteiger partial charge in [0.25, 0.3) is 6.71 Å². The standard InChI is InChI=1S/C75H82BN3/c1-48(2)52-28-32-65-60(40-52)74(12)36-22-14-15-23-37-75(74,13)79(65)57-31-35-66-62(45-57)76-61-41-53-46-73(10,11)47-54(53)42-67(61)78(64-34-30-56(72(7,8)9)44-59(64)51-26-20-17-21-27-51)69-39-49(3)38-68(70(69)76)77(66)63-33-29-55(71(4,5)6)43-58(63)50-24-18-16-19-25-50/h16-21,24-35,38-45,48H,14-15,22-23,36-37,46-47H2,1-13H3. The molecule has 0 aromatic heterocycles. The average molecular weight is 1040 g/mol. The Morgan fingerprint density at radius 1 is 0.481 bits per heavy atom. The highest BCUT2D eigenvalue weighted by Gasteiger charge is 2.57. The van der Waals surface area contributed by atoms with Gasteiger partial charge in [-0.05, 0) is 195 Å². The highest BCUT2D eigenvalue weighted by Crippen LogP contribution is 2.61. The topological polar surface area (TPSA) is 9.72 Å². The largest absolute Gasteiger partial charge is 0.334 e. The van der Waals surface area contributed by atoms with E-state index in [0.717, 1.165) is 19.3 Å². The van der Waals surface area contributed by atoms with Crippen LogP contribution >= 0.6 is 0 Å². The van der Waals surface area contributed by atoms with Gasteiger partial charge in [0, 0.05) is 50.7 Å². The summed E-state index contributed by atoms with van der Waals surface area (Å²) in [6.07, 6.45) is 9.62. The maximum atomic E-state index is 2.85. The second-order valence-corrected chi connectivity index (χ2v) is 28.2. The molecule has 79 heavy (non-hydrogen) atoms. The first kappa shape index (κ1) is 51.6. The molecule has 13 rings (SSSR count). The third kappa shape index (κ3) is 8.26. The molecular formula is C75H82BN3. The zero-order valence-electron chi connectivity index (χ0n) is 49.7. The fraction of sp³-hybridized carbons (Fsp3) is 0.360. The van der Waals surface area contributed by atoms with Crippen LogP contribution in [0.15, 0.2) is 158 Å². The van der Waals surface area contributed by atoms with Gasteiger partial charge in [0.2, 0.25) is 0 Å². The van der Waals surface area contributed by atoms with Crippen LogP contribution in [0.3, 0.4) is 0 Å². The molecular weight excluding hydrogens is 954 g/mol. The van der Waals surface area contributed by atoms with Gasteiger partial charge in [-0.3, -0.25) is 0 Å². The van der Waals surface area contributed by atoms with Crippen LogP contribution in [0.25, 0.3) is 22.3 Å². The van der Waals surface area contributed by atoms with Gasteiger partial charge in [-0.2, -0.15) is 0 Å². The zero-order chi connectivity index (χ0) is 55.1. The first-order chi connectivity index (χ1) is 37.6. The average Bonchev–Trinajstić information content (AvgIpc) is 3.48. The summed E-state index contributed by atoms with van der Waals surface area (Å²) >= 11 is 0. The quantitative estimate of drug-likeness (QED) is 0.154. The molecule has 0 radical (unpaired) electrons. The van der Waals surface area contributed by atoms with Crippen molar-refractivity contribution in [3.8, 4) is 22.3 Å². The van der Waals surface area contributed by atoms with E-state index in [9.17, 15) is 0 Å². The van der Waals surface area contributed by atoms with E-state index in [1.165, 1.54) is 150 Å². The van der Waals surface area contributed by atoms with E-state index >= 15 is 0 Å². The molecule has 3 aliphatic heterocycles. The Bertz CT molecular complexity index is 3720. The van der Waals surface area contributed by atoms with E-state index in [-0.39, 0.29) is 33.9 Å². The molecule has 3 heterocycles. The first-order valence-corrected chi connectivity index (χ1v) is 30.0. The van der Waals surface area contributed by atoms with Crippen LogP contribution in [-0.2, 0) is 29.1 Å². The number of nitrogens with zero attached hydrogens (tertiary/aromatic N) is 3. The van der Waals surface area contributed by atoms with Crippen molar-refractivity contribution in [3.63, 3.8) is 0 Å². The number of anilines is 8. The van der Waals surface area contributed by atoms with Crippen molar-refractivity contribution in [2.24, 2.45) is 5.41 Å². The lowest BCUT2D eigenvalue weighted by Crippen LogP contribution is -2.62. The van der Waals surface area contributed by atoms with Gasteiger partial charge >= 0.3 is 0 Å². The molecule has 5 aliphatic rings. The van der Waals surface area contributed by atoms with E-state index in [0.29, 0.717) is 5.92 Å². The summed E-state index contributed by atoms with van der Waals surface area (Å²) in [4.78, 5) is 8.24. The number of benzene rings is 8. The maximum absolute atomic E-state index is 2.85. The minimum atomic E-state index is -0.113. The predicted octanol–water partition coefficient (Wildman–Crippen LogP) is 18.8. The molecule has 2 unspecified atom stereocenters. The van der Waals surface area contributed by atoms with Crippen LogP contribution in [0.4, 0.5) is 45.5 Å². The Morgan fingerprint density at radius 3 is 1.57 bits per heavy atom. The molecule has 0 amide bonds. The van der Waals surface area contributed by atoms with Crippen molar-refractivity contribution >= 4 is 68.6 Å². The summed E-state index contributed by atoms with van der Waals surface area (Å²) in [5.74, 6) is 0.465. The van der Waals surface area contributed by atoms with Crippen molar-refractivity contribution in [1.82, 2.24) is 0 Å². The molecule has 4 heteroatoms. The van der Waals surface area contributed by atoms with Gasteiger partial charge in [0.15, 0.2) is 0 Å². The Morgan fingerprint density at radius 2 is 1.00 bits per heavy atom. The Labute approximate surface area is 474 Å². The molecule has 0 N–H and O–H groups in total. The molecule has 1 fully saturated rings.